The number of likely N-dealkylation sites (tertiary alicyclic amines) is 1. The fraction of sp³-hybridized carbons (Fsp3) is 0.471. The summed E-state index contributed by atoms with van der Waals surface area (Å²) in [6, 6.07) is 2.57. The molecule has 1 unspecified atom stereocenters. The molecule has 4 rings (SSSR count). The minimum Gasteiger partial charge on any atom is -0.349 e. The lowest BCUT2D eigenvalue weighted by molar-refractivity contribution is -0.129. The van der Waals surface area contributed by atoms with Gasteiger partial charge in [-0.2, -0.15) is 0 Å². The Morgan fingerprint density at radius 2 is 2.07 bits per heavy atom. The van der Waals surface area contributed by atoms with Crippen molar-refractivity contribution >= 4 is 22.7 Å². The van der Waals surface area contributed by atoms with Crippen LogP contribution in [0.25, 0.3) is 10.9 Å². The molecule has 2 aromatic rings. The van der Waals surface area contributed by atoms with E-state index in [1.807, 2.05) is 0 Å². The van der Waals surface area contributed by atoms with Crippen LogP contribution in [0.1, 0.15) is 35.4 Å². The third-order valence-corrected chi connectivity index (χ3v) is 5.31. The van der Waals surface area contributed by atoms with Gasteiger partial charge < -0.3 is 15.2 Å². The monoisotopic (exact) mass is 384 g/mol. The van der Waals surface area contributed by atoms with Crippen molar-refractivity contribution in [3.05, 3.63) is 29.7 Å². The van der Waals surface area contributed by atoms with Crippen molar-refractivity contribution in [2.45, 2.75) is 25.2 Å². The van der Waals surface area contributed by atoms with Crippen molar-refractivity contribution in [2.24, 2.45) is 5.41 Å². The summed E-state index contributed by atoms with van der Waals surface area (Å²) in [5.41, 5.74) is -0.978. The van der Waals surface area contributed by atoms with Gasteiger partial charge in [0.05, 0.1) is 23.7 Å². The van der Waals surface area contributed by atoms with E-state index in [0.29, 0.717) is 10.9 Å². The number of H-pyrrole nitrogens is 1. The highest BCUT2D eigenvalue weighted by molar-refractivity contribution is 5.99. The highest BCUT2D eigenvalue weighted by Crippen LogP contribution is 2.64. The number of rotatable bonds is 4. The summed E-state index contributed by atoms with van der Waals surface area (Å²) in [5, 5.41) is 2.82. The number of hydrogen-bond donors (Lipinski definition) is 2. The van der Waals surface area contributed by atoms with Gasteiger partial charge in [0.25, 0.3) is 18.3 Å². The number of hydrogen-bond acceptors (Lipinski definition) is 3. The minimum atomic E-state index is -2.72. The van der Waals surface area contributed by atoms with Gasteiger partial charge >= 0.3 is 0 Å². The summed E-state index contributed by atoms with van der Waals surface area (Å²) in [4.78, 5) is 32.0. The van der Waals surface area contributed by atoms with Crippen molar-refractivity contribution in [1.29, 1.82) is 0 Å². The van der Waals surface area contributed by atoms with E-state index in [2.05, 4.69) is 15.3 Å². The van der Waals surface area contributed by atoms with Gasteiger partial charge in [-0.1, -0.05) is 0 Å². The first-order valence-electron chi connectivity index (χ1n) is 8.41. The van der Waals surface area contributed by atoms with E-state index >= 15 is 0 Å². The van der Waals surface area contributed by atoms with Crippen molar-refractivity contribution in [1.82, 2.24) is 20.2 Å². The van der Waals surface area contributed by atoms with E-state index in [-0.39, 0.29) is 38.2 Å². The second-order valence-corrected chi connectivity index (χ2v) is 7.09. The molecule has 2 amide bonds. The number of halogens is 4. The van der Waals surface area contributed by atoms with Crippen molar-refractivity contribution in [3.63, 3.8) is 0 Å². The fourth-order valence-corrected chi connectivity index (χ4v) is 3.56. The molecule has 1 aliphatic heterocycles. The first kappa shape index (κ1) is 17.7. The topological polar surface area (TPSA) is 78.1 Å². The molecule has 1 aliphatic carbocycles. The molecular weight excluding hydrogens is 368 g/mol. The second kappa shape index (κ2) is 5.93. The number of carbonyl (C=O) groups is 2. The number of carbonyl (C=O) groups excluding carboxylic acids is 2. The van der Waals surface area contributed by atoms with Gasteiger partial charge in [-0.05, 0) is 18.6 Å². The number of alkyl halides is 4. The van der Waals surface area contributed by atoms with Crippen LogP contribution in [0.5, 0.6) is 0 Å². The highest BCUT2D eigenvalue weighted by Gasteiger charge is 2.72. The molecule has 3 heterocycles. The molecule has 6 nitrogen and oxygen atoms in total. The van der Waals surface area contributed by atoms with Crippen molar-refractivity contribution in [3.8, 4) is 0 Å². The van der Waals surface area contributed by atoms with Crippen LogP contribution < -0.4 is 5.32 Å². The third kappa shape index (κ3) is 3.02. The Kier molecular flexibility index (Phi) is 3.90. The van der Waals surface area contributed by atoms with E-state index in [0.717, 1.165) is 0 Å². The Morgan fingerprint density at radius 3 is 2.70 bits per heavy atom. The highest BCUT2D eigenvalue weighted by atomic mass is 19.3. The van der Waals surface area contributed by atoms with E-state index < -0.39 is 35.3 Å². The summed E-state index contributed by atoms with van der Waals surface area (Å²) >= 11 is 0. The lowest BCUT2D eigenvalue weighted by Crippen LogP contribution is -2.39. The normalized spacial score (nSPS) is 23.4. The van der Waals surface area contributed by atoms with Gasteiger partial charge in [0.15, 0.2) is 0 Å². The number of fused-ring (bicyclic) bond motifs is 1. The molecule has 0 aromatic carbocycles. The number of nitrogens with zero attached hydrogens (tertiary/aromatic N) is 2. The predicted octanol–water partition coefficient (Wildman–Crippen LogP) is 2.49. The molecule has 2 aromatic heterocycles. The Bertz CT molecular complexity index is 929. The maximum absolute atomic E-state index is 13.4. The molecule has 10 heteroatoms. The van der Waals surface area contributed by atoms with Crippen LogP contribution in [0.15, 0.2) is 18.3 Å². The molecular formula is C17H16F4N4O2. The average molecular weight is 384 g/mol. The zero-order chi connectivity index (χ0) is 19.4. The van der Waals surface area contributed by atoms with Crippen molar-refractivity contribution < 1.29 is 27.2 Å². The number of aromatic amines is 1. The van der Waals surface area contributed by atoms with E-state index in [1.54, 1.807) is 0 Å². The van der Waals surface area contributed by atoms with Crippen LogP contribution in [0.3, 0.4) is 0 Å². The van der Waals surface area contributed by atoms with Gasteiger partial charge in [-0.15, -0.1) is 0 Å². The summed E-state index contributed by atoms with van der Waals surface area (Å²) in [5.74, 6) is -3.73. The van der Waals surface area contributed by atoms with E-state index in [1.165, 1.54) is 23.2 Å². The SMILES string of the molecule is O=C(NCC(=O)N1CCC2(C1)CC2(F)F)c1cc2cc(C(F)F)ncc2[nH]1. The Labute approximate surface area is 150 Å². The number of aromatic nitrogens is 2. The quantitative estimate of drug-likeness (QED) is 0.795. The third-order valence-electron chi connectivity index (χ3n) is 5.31. The lowest BCUT2D eigenvalue weighted by Gasteiger charge is -2.16. The molecule has 2 aliphatic rings. The Hall–Kier alpha value is -2.65. The van der Waals surface area contributed by atoms with Crippen LogP contribution >= 0.6 is 0 Å². The maximum atomic E-state index is 13.4. The first-order chi connectivity index (χ1) is 12.7. The fourth-order valence-electron chi connectivity index (χ4n) is 3.56. The summed E-state index contributed by atoms with van der Waals surface area (Å²) in [6.45, 7) is -0.0711. The van der Waals surface area contributed by atoms with Crippen LogP contribution in [-0.2, 0) is 4.79 Å². The average Bonchev–Trinajstić information content (AvgIpc) is 3.02. The molecule has 144 valence electrons. The smallest absolute Gasteiger partial charge is 0.280 e. The maximum Gasteiger partial charge on any atom is 0.280 e. The van der Waals surface area contributed by atoms with Crippen LogP contribution in [0.2, 0.25) is 0 Å². The molecule has 1 atom stereocenters. The van der Waals surface area contributed by atoms with Crippen molar-refractivity contribution in [2.75, 3.05) is 19.6 Å². The summed E-state index contributed by atoms with van der Waals surface area (Å²) in [7, 11) is 0. The molecule has 0 radical (unpaired) electrons. The summed E-state index contributed by atoms with van der Waals surface area (Å²) < 4.78 is 52.1. The zero-order valence-electron chi connectivity index (χ0n) is 14.1. The Balaban J connectivity index is 1.37. The van der Waals surface area contributed by atoms with E-state index in [4.69, 9.17) is 0 Å². The second-order valence-electron chi connectivity index (χ2n) is 7.09. The largest absolute Gasteiger partial charge is 0.349 e. The molecule has 1 saturated heterocycles. The van der Waals surface area contributed by atoms with Crippen LogP contribution in [0, 0.1) is 5.41 Å². The zero-order valence-corrected chi connectivity index (χ0v) is 14.1. The van der Waals surface area contributed by atoms with Gasteiger partial charge in [-0.3, -0.25) is 14.6 Å². The Morgan fingerprint density at radius 1 is 1.33 bits per heavy atom. The molecule has 27 heavy (non-hydrogen) atoms. The van der Waals surface area contributed by atoms with Gasteiger partial charge in [-0.25, -0.2) is 17.6 Å². The molecule has 2 fully saturated rings. The number of amides is 2. The minimum absolute atomic E-state index is 0.00314. The van der Waals surface area contributed by atoms with Gasteiger partial charge in [0.1, 0.15) is 11.4 Å². The van der Waals surface area contributed by atoms with Crippen LogP contribution in [-0.4, -0.2) is 52.2 Å². The number of pyridine rings is 1. The van der Waals surface area contributed by atoms with Gasteiger partial charge in [0, 0.05) is 24.9 Å². The standard InChI is InChI=1S/C17H16F4N4O2/c18-14(19)10-3-9-4-11(24-12(9)5-22-10)15(27)23-6-13(26)25-2-1-16(8-25)7-17(16,20)21/h3-5,14,24H,1-2,6-8H2,(H,23,27). The van der Waals surface area contributed by atoms with Crippen LogP contribution in [0.4, 0.5) is 17.6 Å². The first-order valence-corrected chi connectivity index (χ1v) is 8.41. The molecule has 2 N–H and O–H groups in total. The molecule has 1 saturated carbocycles. The lowest BCUT2D eigenvalue weighted by atomic mass is 10.1. The molecule has 1 spiro atoms. The molecule has 0 bridgehead atoms. The van der Waals surface area contributed by atoms with E-state index in [9.17, 15) is 27.2 Å². The number of nitrogens with one attached hydrogen (secondary N) is 2. The van der Waals surface area contributed by atoms with Gasteiger partial charge in [0.2, 0.25) is 5.91 Å². The summed E-state index contributed by atoms with van der Waals surface area (Å²) in [6.07, 6.45) is -1.44. The predicted molar refractivity (Wildman–Crippen MR) is 86.6 cm³/mol.